The lowest BCUT2D eigenvalue weighted by Gasteiger charge is -2.11. The van der Waals surface area contributed by atoms with Crippen LogP contribution in [0.1, 0.15) is 10.4 Å². The number of aromatic nitrogens is 2. The first-order valence-corrected chi connectivity index (χ1v) is 10.3. The summed E-state index contributed by atoms with van der Waals surface area (Å²) >= 11 is 2.80. The summed E-state index contributed by atoms with van der Waals surface area (Å²) in [4.78, 5) is 6.26. The maximum atomic E-state index is 12.4. The largest absolute Gasteiger partial charge is 0.329 e. The number of rotatable bonds is 5. The topological polar surface area (TPSA) is 64.0 Å². The van der Waals surface area contributed by atoms with E-state index in [1.54, 1.807) is 24.4 Å². The van der Waals surface area contributed by atoms with Crippen molar-refractivity contribution in [2.75, 3.05) is 4.72 Å². The fourth-order valence-corrected chi connectivity index (χ4v) is 5.44. The average Bonchev–Trinajstić information content (AvgIpc) is 3.12. The van der Waals surface area contributed by atoms with Gasteiger partial charge in [0.05, 0.1) is 5.69 Å². The number of hydrogen-bond donors (Lipinski definition) is 1. The van der Waals surface area contributed by atoms with E-state index in [4.69, 9.17) is 0 Å². The first kappa shape index (κ1) is 17.1. The molecule has 126 valence electrons. The monoisotopic (exact) mass is 379 g/mol. The summed E-state index contributed by atoms with van der Waals surface area (Å²) in [7, 11) is -1.60. The third-order valence-electron chi connectivity index (χ3n) is 3.41. The SMILES string of the molecule is Cc1ccc(S(=O)(=O)Nc2ccc(Sc3nccn3C)cc2C)s1. The maximum absolute atomic E-state index is 12.4. The Labute approximate surface area is 149 Å². The molecule has 24 heavy (non-hydrogen) atoms. The lowest BCUT2D eigenvalue weighted by molar-refractivity contribution is 0.603. The van der Waals surface area contributed by atoms with Crippen LogP contribution in [-0.2, 0) is 17.1 Å². The highest BCUT2D eigenvalue weighted by molar-refractivity contribution is 7.99. The Hall–Kier alpha value is -1.77. The van der Waals surface area contributed by atoms with Gasteiger partial charge in [-0.1, -0.05) is 11.8 Å². The van der Waals surface area contributed by atoms with Gasteiger partial charge in [0.15, 0.2) is 5.16 Å². The van der Waals surface area contributed by atoms with Crippen LogP contribution < -0.4 is 4.72 Å². The van der Waals surface area contributed by atoms with Gasteiger partial charge < -0.3 is 4.57 Å². The second-order valence-electron chi connectivity index (χ2n) is 5.37. The number of aryl methyl sites for hydroxylation is 3. The van der Waals surface area contributed by atoms with E-state index in [1.807, 2.05) is 43.8 Å². The Morgan fingerprint density at radius 1 is 1.21 bits per heavy atom. The zero-order chi connectivity index (χ0) is 17.3. The van der Waals surface area contributed by atoms with Gasteiger partial charge in [-0.2, -0.15) is 0 Å². The van der Waals surface area contributed by atoms with Crippen LogP contribution in [0.4, 0.5) is 5.69 Å². The number of thiophene rings is 1. The molecule has 0 saturated heterocycles. The molecule has 0 aliphatic carbocycles. The van der Waals surface area contributed by atoms with Crippen molar-refractivity contribution < 1.29 is 8.42 Å². The Morgan fingerprint density at radius 2 is 2.00 bits per heavy atom. The van der Waals surface area contributed by atoms with Crippen LogP contribution in [0.25, 0.3) is 0 Å². The van der Waals surface area contributed by atoms with Crippen LogP contribution >= 0.6 is 23.1 Å². The van der Waals surface area contributed by atoms with Crippen LogP contribution in [0.5, 0.6) is 0 Å². The van der Waals surface area contributed by atoms with Gasteiger partial charge in [-0.15, -0.1) is 11.3 Å². The molecule has 5 nitrogen and oxygen atoms in total. The van der Waals surface area contributed by atoms with E-state index in [0.717, 1.165) is 20.5 Å². The summed E-state index contributed by atoms with van der Waals surface area (Å²) in [6.45, 7) is 3.78. The molecule has 1 N–H and O–H groups in total. The molecular weight excluding hydrogens is 362 g/mol. The molecule has 2 heterocycles. The van der Waals surface area contributed by atoms with E-state index in [1.165, 1.54) is 23.1 Å². The van der Waals surface area contributed by atoms with Crippen LogP contribution in [0.3, 0.4) is 0 Å². The van der Waals surface area contributed by atoms with Crippen molar-refractivity contribution in [3.63, 3.8) is 0 Å². The first-order chi connectivity index (χ1) is 11.3. The molecule has 3 aromatic rings. The Balaban J connectivity index is 1.81. The molecule has 0 fully saturated rings. The van der Waals surface area contributed by atoms with Gasteiger partial charge in [0.1, 0.15) is 4.21 Å². The van der Waals surface area contributed by atoms with Gasteiger partial charge in [-0.25, -0.2) is 13.4 Å². The van der Waals surface area contributed by atoms with Gasteiger partial charge in [-0.3, -0.25) is 4.72 Å². The molecule has 8 heteroatoms. The zero-order valence-corrected chi connectivity index (χ0v) is 15.9. The van der Waals surface area contributed by atoms with Crippen molar-refractivity contribution in [1.29, 1.82) is 0 Å². The highest BCUT2D eigenvalue weighted by Gasteiger charge is 2.17. The second-order valence-corrected chi connectivity index (χ2v) is 9.61. The number of sulfonamides is 1. The van der Waals surface area contributed by atoms with Gasteiger partial charge in [0.25, 0.3) is 10.0 Å². The normalized spacial score (nSPS) is 11.6. The van der Waals surface area contributed by atoms with Crippen molar-refractivity contribution in [1.82, 2.24) is 9.55 Å². The van der Waals surface area contributed by atoms with E-state index in [9.17, 15) is 8.42 Å². The molecule has 0 bridgehead atoms. The summed E-state index contributed by atoms with van der Waals surface area (Å²) in [5.74, 6) is 0. The third kappa shape index (κ3) is 3.66. The molecule has 1 aromatic carbocycles. The molecule has 0 aliphatic rings. The van der Waals surface area contributed by atoms with E-state index < -0.39 is 10.0 Å². The molecule has 3 rings (SSSR count). The van der Waals surface area contributed by atoms with Gasteiger partial charge in [0, 0.05) is 29.2 Å². The lowest BCUT2D eigenvalue weighted by atomic mass is 10.2. The summed E-state index contributed by atoms with van der Waals surface area (Å²) in [6.07, 6.45) is 3.64. The second kappa shape index (κ2) is 6.62. The Kier molecular flexibility index (Phi) is 4.71. The highest BCUT2D eigenvalue weighted by Crippen LogP contribution is 2.30. The number of nitrogens with one attached hydrogen (secondary N) is 1. The van der Waals surface area contributed by atoms with Crippen LogP contribution in [-0.4, -0.2) is 18.0 Å². The molecular formula is C16H17N3O2S3. The molecule has 0 saturated carbocycles. The molecule has 0 unspecified atom stereocenters. The minimum atomic E-state index is -3.54. The predicted octanol–water partition coefficient (Wildman–Crippen LogP) is 4.05. The molecule has 2 aromatic heterocycles. The Bertz CT molecular complexity index is 974. The number of benzene rings is 1. The van der Waals surface area contributed by atoms with Gasteiger partial charge >= 0.3 is 0 Å². The molecule has 0 amide bonds. The van der Waals surface area contributed by atoms with Crippen molar-refractivity contribution in [2.24, 2.45) is 7.05 Å². The van der Waals surface area contributed by atoms with E-state index >= 15 is 0 Å². The summed E-state index contributed by atoms with van der Waals surface area (Å²) < 4.78 is 29.8. The van der Waals surface area contributed by atoms with Crippen molar-refractivity contribution in [3.8, 4) is 0 Å². The highest BCUT2D eigenvalue weighted by atomic mass is 32.2. The minimum absolute atomic E-state index is 0.325. The van der Waals surface area contributed by atoms with Gasteiger partial charge in [-0.05, 0) is 49.7 Å². The van der Waals surface area contributed by atoms with Crippen LogP contribution in [0, 0.1) is 13.8 Å². The minimum Gasteiger partial charge on any atom is -0.329 e. The van der Waals surface area contributed by atoms with E-state index in [-0.39, 0.29) is 0 Å². The van der Waals surface area contributed by atoms with Crippen LogP contribution in [0.15, 0.2) is 57.0 Å². The van der Waals surface area contributed by atoms with Crippen molar-refractivity contribution in [3.05, 3.63) is 53.2 Å². The molecule has 0 radical (unpaired) electrons. The van der Waals surface area contributed by atoms with Crippen molar-refractivity contribution >= 4 is 38.8 Å². The average molecular weight is 380 g/mol. The third-order valence-corrected chi connectivity index (χ3v) is 7.33. The summed E-state index contributed by atoms with van der Waals surface area (Å²) in [5.41, 5.74) is 1.45. The fourth-order valence-electron chi connectivity index (χ4n) is 2.12. The number of nitrogens with zero attached hydrogens (tertiary/aromatic N) is 2. The number of hydrogen-bond acceptors (Lipinski definition) is 5. The molecule has 0 atom stereocenters. The number of anilines is 1. The summed E-state index contributed by atoms with van der Waals surface area (Å²) in [6, 6.07) is 9.07. The van der Waals surface area contributed by atoms with E-state index in [2.05, 4.69) is 9.71 Å². The summed E-state index contributed by atoms with van der Waals surface area (Å²) in [5, 5.41) is 0.886. The van der Waals surface area contributed by atoms with Gasteiger partial charge in [0.2, 0.25) is 0 Å². The number of imidazole rings is 1. The standard InChI is InChI=1S/C16H17N3O2S3/c1-11-10-13(23-16-17-8-9-19(16)3)5-6-14(11)18-24(20,21)15-7-4-12(2)22-15/h4-10,18H,1-3H3. The fraction of sp³-hybridized carbons (Fsp3) is 0.188. The quantitative estimate of drug-likeness (QED) is 0.726. The molecule has 0 aliphatic heterocycles. The predicted molar refractivity (Wildman–Crippen MR) is 98.4 cm³/mol. The van der Waals surface area contributed by atoms with Crippen molar-refractivity contribution in [2.45, 2.75) is 28.1 Å². The lowest BCUT2D eigenvalue weighted by Crippen LogP contribution is -2.12. The zero-order valence-electron chi connectivity index (χ0n) is 13.5. The Morgan fingerprint density at radius 3 is 2.58 bits per heavy atom. The molecule has 0 spiro atoms. The smallest absolute Gasteiger partial charge is 0.271 e. The first-order valence-electron chi connectivity index (χ1n) is 7.20. The maximum Gasteiger partial charge on any atom is 0.271 e. The van der Waals surface area contributed by atoms with E-state index in [0.29, 0.717) is 9.90 Å². The van der Waals surface area contributed by atoms with Crippen LogP contribution in [0.2, 0.25) is 0 Å².